The van der Waals surface area contributed by atoms with Crippen molar-refractivity contribution in [2.24, 2.45) is 0 Å². The summed E-state index contributed by atoms with van der Waals surface area (Å²) in [5.74, 6) is 5.56. The van der Waals surface area contributed by atoms with Crippen LogP contribution in [-0.4, -0.2) is 16.7 Å². The van der Waals surface area contributed by atoms with Crippen LogP contribution in [0.25, 0.3) is 0 Å². The van der Waals surface area contributed by atoms with Crippen molar-refractivity contribution in [2.45, 2.75) is 6.61 Å². The number of halogens is 1. The minimum absolute atomic E-state index is 0.206. The minimum atomic E-state index is -0.394. The van der Waals surface area contributed by atoms with Gasteiger partial charge in [0.25, 0.3) is 0 Å². The van der Waals surface area contributed by atoms with E-state index in [0.29, 0.717) is 16.9 Å². The van der Waals surface area contributed by atoms with Gasteiger partial charge in [-0.05, 0) is 18.2 Å². The summed E-state index contributed by atoms with van der Waals surface area (Å²) in [6.45, 7) is 0.00469. The first-order valence-electron chi connectivity index (χ1n) is 5.70. The topological polar surface area (TPSA) is 42.4 Å². The molecule has 0 bridgehead atoms. The lowest BCUT2D eigenvalue weighted by molar-refractivity contribution is 0.304. The summed E-state index contributed by atoms with van der Waals surface area (Å²) in [4.78, 5) is 3.75. The zero-order valence-electron chi connectivity index (χ0n) is 10.1. The van der Waals surface area contributed by atoms with Crippen LogP contribution >= 0.6 is 0 Å². The van der Waals surface area contributed by atoms with E-state index < -0.39 is 5.82 Å². The molecule has 3 nitrogen and oxygen atoms in total. The lowest BCUT2D eigenvalue weighted by atomic mass is 10.2. The lowest BCUT2D eigenvalue weighted by Gasteiger charge is -2.07. The van der Waals surface area contributed by atoms with Gasteiger partial charge in [0.1, 0.15) is 24.8 Å². The van der Waals surface area contributed by atoms with Crippen LogP contribution in [0, 0.1) is 17.7 Å². The molecule has 0 atom stereocenters. The molecule has 0 saturated carbocycles. The highest BCUT2D eigenvalue weighted by Gasteiger charge is 2.02. The Morgan fingerprint density at radius 1 is 1.26 bits per heavy atom. The fraction of sp³-hybridized carbons (Fsp3) is 0.133. The largest absolute Gasteiger partial charge is 0.488 e. The van der Waals surface area contributed by atoms with Gasteiger partial charge in [0, 0.05) is 11.8 Å². The van der Waals surface area contributed by atoms with Crippen LogP contribution in [0.5, 0.6) is 5.75 Å². The van der Waals surface area contributed by atoms with Crippen LogP contribution < -0.4 is 4.74 Å². The summed E-state index contributed by atoms with van der Waals surface area (Å²) in [6, 6.07) is 8.59. The molecule has 0 unspecified atom stereocenters. The van der Waals surface area contributed by atoms with Gasteiger partial charge in [0.15, 0.2) is 0 Å². The first kappa shape index (κ1) is 13.1. The van der Waals surface area contributed by atoms with Crippen LogP contribution in [0.15, 0.2) is 42.7 Å². The number of benzene rings is 1. The van der Waals surface area contributed by atoms with E-state index in [2.05, 4.69) is 16.8 Å². The second kappa shape index (κ2) is 6.53. The molecule has 0 saturated heterocycles. The predicted molar refractivity (Wildman–Crippen MR) is 68.9 cm³/mol. The fourth-order valence-electron chi connectivity index (χ4n) is 1.53. The lowest BCUT2D eigenvalue weighted by Crippen LogP contribution is -1.98. The molecule has 2 aromatic rings. The van der Waals surface area contributed by atoms with E-state index >= 15 is 0 Å². The van der Waals surface area contributed by atoms with Gasteiger partial charge >= 0.3 is 0 Å². The van der Waals surface area contributed by atoms with Crippen LogP contribution in [0.2, 0.25) is 0 Å². The number of para-hydroxylation sites is 1. The van der Waals surface area contributed by atoms with Crippen molar-refractivity contribution in [3.05, 3.63) is 59.7 Å². The Balaban J connectivity index is 2.11. The first-order valence-corrected chi connectivity index (χ1v) is 5.70. The summed E-state index contributed by atoms with van der Waals surface area (Å²) < 4.78 is 18.6. The smallest absolute Gasteiger partial charge is 0.141 e. The SMILES string of the molecule is OCC#Cc1ccccc1OCc1cncc(F)c1. The molecule has 1 aromatic heterocycles. The van der Waals surface area contributed by atoms with Crippen LogP contribution in [0.1, 0.15) is 11.1 Å². The number of aliphatic hydroxyl groups excluding tert-OH is 1. The first-order chi connectivity index (χ1) is 9.29. The minimum Gasteiger partial charge on any atom is -0.488 e. The molecule has 1 N–H and O–H groups in total. The van der Waals surface area contributed by atoms with Gasteiger partial charge in [-0.15, -0.1) is 0 Å². The van der Waals surface area contributed by atoms with Crippen molar-refractivity contribution in [1.29, 1.82) is 0 Å². The molecule has 2 rings (SSSR count). The monoisotopic (exact) mass is 257 g/mol. The summed E-state index contributed by atoms with van der Waals surface area (Å²) in [5, 5.41) is 8.69. The third kappa shape index (κ3) is 3.80. The Bertz CT molecular complexity index is 617. The van der Waals surface area contributed by atoms with E-state index in [9.17, 15) is 4.39 Å². The molecule has 0 aliphatic rings. The van der Waals surface area contributed by atoms with Crippen molar-refractivity contribution in [2.75, 3.05) is 6.61 Å². The second-order valence-electron chi connectivity index (χ2n) is 3.76. The third-order valence-electron chi connectivity index (χ3n) is 2.35. The van der Waals surface area contributed by atoms with Crippen molar-refractivity contribution in [3.63, 3.8) is 0 Å². The number of ether oxygens (including phenoxy) is 1. The second-order valence-corrected chi connectivity index (χ2v) is 3.76. The van der Waals surface area contributed by atoms with Crippen LogP contribution in [0.4, 0.5) is 4.39 Å². The predicted octanol–water partition coefficient (Wildman–Crippen LogP) is 2.14. The summed E-state index contributed by atoms with van der Waals surface area (Å²) >= 11 is 0. The maximum absolute atomic E-state index is 13.0. The number of hydrogen-bond donors (Lipinski definition) is 1. The number of rotatable bonds is 3. The molecule has 0 aliphatic heterocycles. The number of aromatic nitrogens is 1. The average molecular weight is 257 g/mol. The van der Waals surface area contributed by atoms with Gasteiger partial charge in [-0.1, -0.05) is 24.0 Å². The maximum atomic E-state index is 13.0. The summed E-state index contributed by atoms with van der Waals surface area (Å²) in [7, 11) is 0. The van der Waals surface area contributed by atoms with E-state index in [-0.39, 0.29) is 13.2 Å². The average Bonchev–Trinajstić information content (AvgIpc) is 2.44. The highest BCUT2D eigenvalue weighted by Crippen LogP contribution is 2.18. The molecule has 0 fully saturated rings. The van der Waals surface area contributed by atoms with Crippen LogP contribution in [-0.2, 0) is 6.61 Å². The third-order valence-corrected chi connectivity index (χ3v) is 2.35. The summed E-state index contributed by atoms with van der Waals surface area (Å²) in [5.41, 5.74) is 1.32. The summed E-state index contributed by atoms with van der Waals surface area (Å²) in [6.07, 6.45) is 2.69. The molecule has 0 amide bonds. The molecule has 4 heteroatoms. The van der Waals surface area contributed by atoms with Gasteiger partial charge < -0.3 is 9.84 Å². The number of hydrogen-bond acceptors (Lipinski definition) is 3. The molecule has 0 aliphatic carbocycles. The molecular weight excluding hydrogens is 245 g/mol. The Morgan fingerprint density at radius 3 is 2.89 bits per heavy atom. The Kier molecular flexibility index (Phi) is 4.49. The van der Waals surface area contributed by atoms with Crippen molar-refractivity contribution >= 4 is 0 Å². The number of pyridine rings is 1. The van der Waals surface area contributed by atoms with E-state index in [1.165, 1.54) is 6.07 Å². The van der Waals surface area contributed by atoms with Gasteiger partial charge in [-0.2, -0.15) is 0 Å². The molecule has 19 heavy (non-hydrogen) atoms. The quantitative estimate of drug-likeness (QED) is 0.857. The van der Waals surface area contributed by atoms with Crippen molar-refractivity contribution < 1.29 is 14.2 Å². The number of aliphatic hydroxyl groups is 1. The zero-order valence-corrected chi connectivity index (χ0v) is 10.1. The molecule has 0 spiro atoms. The van der Waals surface area contributed by atoms with Crippen molar-refractivity contribution in [3.8, 4) is 17.6 Å². The van der Waals surface area contributed by atoms with Gasteiger partial charge in [0.05, 0.1) is 11.8 Å². The van der Waals surface area contributed by atoms with E-state index in [0.717, 1.165) is 6.20 Å². The van der Waals surface area contributed by atoms with Crippen LogP contribution in [0.3, 0.4) is 0 Å². The Morgan fingerprint density at radius 2 is 2.11 bits per heavy atom. The molecule has 1 aromatic carbocycles. The van der Waals surface area contributed by atoms with E-state index in [1.807, 2.05) is 12.1 Å². The zero-order chi connectivity index (χ0) is 13.5. The van der Waals surface area contributed by atoms with E-state index in [4.69, 9.17) is 9.84 Å². The Labute approximate surface area is 110 Å². The highest BCUT2D eigenvalue weighted by atomic mass is 19.1. The van der Waals surface area contributed by atoms with Gasteiger partial charge in [-0.3, -0.25) is 4.98 Å². The Hall–Kier alpha value is -2.38. The van der Waals surface area contributed by atoms with E-state index in [1.54, 1.807) is 18.3 Å². The molecular formula is C15H12FNO2. The van der Waals surface area contributed by atoms with Gasteiger partial charge in [0.2, 0.25) is 0 Å². The van der Waals surface area contributed by atoms with Gasteiger partial charge in [-0.25, -0.2) is 4.39 Å². The molecule has 96 valence electrons. The highest BCUT2D eigenvalue weighted by molar-refractivity contribution is 5.45. The van der Waals surface area contributed by atoms with Crippen molar-refractivity contribution in [1.82, 2.24) is 4.98 Å². The molecule has 1 heterocycles. The normalized spacial score (nSPS) is 9.58. The number of nitrogens with zero attached hydrogens (tertiary/aromatic N) is 1. The fourth-order valence-corrected chi connectivity index (χ4v) is 1.53. The standard InChI is InChI=1S/C15H12FNO2/c16-14-8-12(9-17-10-14)11-19-15-6-2-1-4-13(15)5-3-7-18/h1-2,4,6,8-10,18H,7,11H2. The molecule has 0 radical (unpaired) electrons. The maximum Gasteiger partial charge on any atom is 0.141 e.